The van der Waals surface area contributed by atoms with Gasteiger partial charge in [-0.1, -0.05) is 48.5 Å². The quantitative estimate of drug-likeness (QED) is 0.389. The van der Waals surface area contributed by atoms with Crippen molar-refractivity contribution in [3.05, 3.63) is 71.8 Å². The van der Waals surface area contributed by atoms with E-state index >= 15 is 0 Å². The standard InChI is InChI=1S/C26H29N3O7/c1-17(23(33)29-14-8-13-20(29)24(34)35)27-25(36)26(16-21(30)31,15-18-9-4-2-5-10-18)28-22(32)19-11-6-3-7-12-19/h2-7,9-12,17,20H,8,13-16H2,1H3,(H,27,36)(H,28,32)(H,30,31)(H,34,35)/t17-,20-,26-/m0/s1. The Morgan fingerprint density at radius 1 is 1.00 bits per heavy atom. The molecule has 1 heterocycles. The molecule has 0 bridgehead atoms. The number of amides is 3. The van der Waals surface area contributed by atoms with Gasteiger partial charge in [-0.05, 0) is 37.5 Å². The van der Waals surface area contributed by atoms with Crippen molar-refractivity contribution < 1.29 is 34.2 Å². The first kappa shape index (κ1) is 26.4. The van der Waals surface area contributed by atoms with Crippen molar-refractivity contribution in [2.45, 2.75) is 50.2 Å². The van der Waals surface area contributed by atoms with E-state index in [-0.39, 0.29) is 18.5 Å². The van der Waals surface area contributed by atoms with Gasteiger partial charge in [-0.3, -0.25) is 19.2 Å². The van der Waals surface area contributed by atoms with Crippen molar-refractivity contribution in [3.8, 4) is 0 Å². The zero-order valence-electron chi connectivity index (χ0n) is 19.8. The summed E-state index contributed by atoms with van der Waals surface area (Å²) in [5.74, 6) is -4.54. The number of carbonyl (C=O) groups is 5. The van der Waals surface area contributed by atoms with E-state index in [4.69, 9.17) is 0 Å². The number of hydrogen-bond acceptors (Lipinski definition) is 5. The SMILES string of the molecule is C[C@H](NC(=O)[C@@](CC(=O)O)(Cc1ccccc1)NC(=O)c1ccccc1)C(=O)N1CCC[C@H]1C(=O)O. The molecule has 3 atom stereocenters. The Labute approximate surface area is 208 Å². The van der Waals surface area contributed by atoms with E-state index in [1.54, 1.807) is 48.5 Å². The van der Waals surface area contributed by atoms with E-state index in [1.807, 2.05) is 0 Å². The van der Waals surface area contributed by atoms with Crippen LogP contribution in [-0.2, 0) is 25.6 Å². The van der Waals surface area contributed by atoms with Crippen molar-refractivity contribution in [2.75, 3.05) is 6.54 Å². The minimum absolute atomic E-state index is 0.146. The molecule has 3 amide bonds. The summed E-state index contributed by atoms with van der Waals surface area (Å²) >= 11 is 0. The van der Waals surface area contributed by atoms with Crippen LogP contribution in [0.4, 0.5) is 0 Å². The molecule has 4 N–H and O–H groups in total. The molecule has 10 nitrogen and oxygen atoms in total. The van der Waals surface area contributed by atoms with Crippen LogP contribution in [0.25, 0.3) is 0 Å². The summed E-state index contributed by atoms with van der Waals surface area (Å²) < 4.78 is 0. The van der Waals surface area contributed by atoms with Crippen LogP contribution in [0.5, 0.6) is 0 Å². The highest BCUT2D eigenvalue weighted by atomic mass is 16.4. The number of carboxylic acids is 2. The lowest BCUT2D eigenvalue weighted by atomic mass is 9.85. The van der Waals surface area contributed by atoms with Crippen LogP contribution in [0.2, 0.25) is 0 Å². The number of carboxylic acid groups (broad SMARTS) is 2. The fourth-order valence-corrected chi connectivity index (χ4v) is 4.38. The Morgan fingerprint density at radius 2 is 1.61 bits per heavy atom. The number of hydrogen-bond donors (Lipinski definition) is 4. The maximum Gasteiger partial charge on any atom is 0.326 e. The molecule has 0 aromatic heterocycles. The summed E-state index contributed by atoms with van der Waals surface area (Å²) in [6, 6.07) is 14.6. The first-order chi connectivity index (χ1) is 17.1. The van der Waals surface area contributed by atoms with Crippen LogP contribution in [0.1, 0.15) is 42.1 Å². The molecule has 190 valence electrons. The summed E-state index contributed by atoms with van der Waals surface area (Å²) in [5.41, 5.74) is -1.09. The first-order valence-corrected chi connectivity index (χ1v) is 11.6. The van der Waals surface area contributed by atoms with Crippen molar-refractivity contribution in [2.24, 2.45) is 0 Å². The zero-order chi connectivity index (χ0) is 26.3. The smallest absolute Gasteiger partial charge is 0.326 e. The van der Waals surface area contributed by atoms with Gasteiger partial charge in [-0.25, -0.2) is 4.79 Å². The fraction of sp³-hybridized carbons (Fsp3) is 0.346. The molecule has 1 aliphatic heterocycles. The topological polar surface area (TPSA) is 153 Å². The van der Waals surface area contributed by atoms with Gasteiger partial charge in [-0.2, -0.15) is 0 Å². The van der Waals surface area contributed by atoms with E-state index in [9.17, 15) is 34.2 Å². The van der Waals surface area contributed by atoms with Gasteiger partial charge in [0.1, 0.15) is 17.6 Å². The average molecular weight is 496 g/mol. The van der Waals surface area contributed by atoms with Gasteiger partial charge in [0.15, 0.2) is 0 Å². The number of carbonyl (C=O) groups excluding carboxylic acids is 3. The van der Waals surface area contributed by atoms with E-state index < -0.39 is 53.7 Å². The Hall–Kier alpha value is -4.21. The zero-order valence-corrected chi connectivity index (χ0v) is 19.8. The summed E-state index contributed by atoms with van der Waals surface area (Å²) in [7, 11) is 0. The van der Waals surface area contributed by atoms with E-state index in [0.29, 0.717) is 18.4 Å². The Bertz CT molecular complexity index is 1120. The van der Waals surface area contributed by atoms with Crippen LogP contribution in [-0.4, -0.2) is 68.9 Å². The van der Waals surface area contributed by atoms with Crippen LogP contribution < -0.4 is 10.6 Å². The van der Waals surface area contributed by atoms with E-state index in [2.05, 4.69) is 10.6 Å². The summed E-state index contributed by atoms with van der Waals surface area (Å²) in [6.45, 7) is 1.65. The van der Waals surface area contributed by atoms with Gasteiger partial charge in [0, 0.05) is 18.5 Å². The molecule has 1 fully saturated rings. The Morgan fingerprint density at radius 3 is 2.19 bits per heavy atom. The van der Waals surface area contributed by atoms with Gasteiger partial charge in [-0.15, -0.1) is 0 Å². The highest BCUT2D eigenvalue weighted by Gasteiger charge is 2.44. The molecular formula is C26H29N3O7. The molecule has 36 heavy (non-hydrogen) atoms. The van der Waals surface area contributed by atoms with Crippen molar-refractivity contribution >= 4 is 29.7 Å². The largest absolute Gasteiger partial charge is 0.481 e. The first-order valence-electron chi connectivity index (χ1n) is 11.6. The summed E-state index contributed by atoms with van der Waals surface area (Å²) in [5, 5.41) is 24.3. The van der Waals surface area contributed by atoms with Crippen LogP contribution in [0.3, 0.4) is 0 Å². The number of rotatable bonds is 10. The van der Waals surface area contributed by atoms with Crippen molar-refractivity contribution in [3.63, 3.8) is 0 Å². The van der Waals surface area contributed by atoms with E-state index in [0.717, 1.165) is 0 Å². The predicted molar refractivity (Wildman–Crippen MR) is 129 cm³/mol. The van der Waals surface area contributed by atoms with Gasteiger partial charge in [0.05, 0.1) is 6.42 Å². The van der Waals surface area contributed by atoms with Gasteiger partial charge in [0.2, 0.25) is 11.8 Å². The average Bonchev–Trinajstić information content (AvgIpc) is 3.34. The molecule has 3 rings (SSSR count). The molecule has 1 saturated heterocycles. The molecule has 1 aliphatic rings. The van der Waals surface area contributed by atoms with Crippen LogP contribution in [0, 0.1) is 0 Å². The van der Waals surface area contributed by atoms with Crippen LogP contribution in [0.15, 0.2) is 60.7 Å². The number of aliphatic carboxylic acids is 2. The highest BCUT2D eigenvalue weighted by molar-refractivity contribution is 6.02. The molecule has 0 spiro atoms. The third-order valence-corrected chi connectivity index (χ3v) is 6.16. The second kappa shape index (κ2) is 11.5. The predicted octanol–water partition coefficient (Wildman–Crippen LogP) is 1.45. The van der Waals surface area contributed by atoms with Crippen molar-refractivity contribution in [1.82, 2.24) is 15.5 Å². The minimum Gasteiger partial charge on any atom is -0.481 e. The summed E-state index contributed by atoms with van der Waals surface area (Å²) in [4.78, 5) is 64.3. The van der Waals surface area contributed by atoms with Crippen LogP contribution >= 0.6 is 0 Å². The van der Waals surface area contributed by atoms with Gasteiger partial charge < -0.3 is 25.7 Å². The lowest BCUT2D eigenvalue weighted by Gasteiger charge is -2.34. The fourth-order valence-electron chi connectivity index (χ4n) is 4.38. The molecule has 0 radical (unpaired) electrons. The second-order valence-electron chi connectivity index (χ2n) is 8.86. The molecule has 0 unspecified atom stereocenters. The molecule has 0 aliphatic carbocycles. The Balaban J connectivity index is 1.92. The molecular weight excluding hydrogens is 466 g/mol. The number of nitrogens with zero attached hydrogens (tertiary/aromatic N) is 1. The van der Waals surface area contributed by atoms with E-state index in [1.165, 1.54) is 24.0 Å². The maximum atomic E-state index is 13.6. The highest BCUT2D eigenvalue weighted by Crippen LogP contribution is 2.22. The Kier molecular flexibility index (Phi) is 8.42. The second-order valence-corrected chi connectivity index (χ2v) is 8.86. The molecule has 10 heteroatoms. The van der Waals surface area contributed by atoms with Crippen molar-refractivity contribution in [1.29, 1.82) is 0 Å². The summed E-state index contributed by atoms with van der Waals surface area (Å²) in [6.07, 6.45) is -0.0547. The molecule has 2 aromatic rings. The maximum absolute atomic E-state index is 13.6. The third-order valence-electron chi connectivity index (χ3n) is 6.16. The normalized spacial score (nSPS) is 17.5. The molecule has 0 saturated carbocycles. The van der Waals surface area contributed by atoms with Gasteiger partial charge in [0.25, 0.3) is 5.91 Å². The minimum atomic E-state index is -1.92. The number of benzene rings is 2. The lowest BCUT2D eigenvalue weighted by Crippen LogP contribution is -2.63. The third kappa shape index (κ3) is 6.26. The monoisotopic (exact) mass is 495 g/mol. The number of likely N-dealkylation sites (tertiary alicyclic amines) is 1. The van der Waals surface area contributed by atoms with Gasteiger partial charge >= 0.3 is 11.9 Å². The number of nitrogens with one attached hydrogen (secondary N) is 2. The lowest BCUT2D eigenvalue weighted by molar-refractivity contribution is -0.149. The molecule has 2 aromatic carbocycles.